The predicted octanol–water partition coefficient (Wildman–Crippen LogP) is 18.9. The Labute approximate surface area is 395 Å². The first kappa shape index (κ1) is 39.4. The van der Waals surface area contributed by atoms with Crippen molar-refractivity contribution >= 4 is 71.3 Å². The SMILES string of the molecule is c1ccc(-c2ccc(N(c3ccc(-c4ccc(-c5cccc6cccc(-c7ccccc7)c56)c5c4oc4ccccc45)cc3)c3ccc(-c4ccc5ccccc5c4)c4ccccc34)cc2)cc1. The lowest BCUT2D eigenvalue weighted by Crippen LogP contribution is -2.10. The zero-order chi connectivity index (χ0) is 45.0. The van der Waals surface area contributed by atoms with Crippen molar-refractivity contribution in [2.45, 2.75) is 0 Å². The van der Waals surface area contributed by atoms with Gasteiger partial charge in [-0.2, -0.15) is 0 Å². The minimum Gasteiger partial charge on any atom is -0.455 e. The molecule has 68 heavy (non-hydrogen) atoms. The lowest BCUT2D eigenvalue weighted by atomic mass is 9.88. The molecule has 0 unspecified atom stereocenters. The molecule has 0 amide bonds. The van der Waals surface area contributed by atoms with Crippen LogP contribution in [-0.2, 0) is 0 Å². The van der Waals surface area contributed by atoms with Gasteiger partial charge in [0.25, 0.3) is 0 Å². The molecule has 1 heterocycles. The minimum atomic E-state index is 0.875. The Hall–Kier alpha value is -8.98. The highest BCUT2D eigenvalue weighted by atomic mass is 16.3. The summed E-state index contributed by atoms with van der Waals surface area (Å²) >= 11 is 0. The normalized spacial score (nSPS) is 11.5. The van der Waals surface area contributed by atoms with Crippen molar-refractivity contribution in [2.75, 3.05) is 4.90 Å². The third kappa shape index (κ3) is 6.73. The van der Waals surface area contributed by atoms with E-state index in [4.69, 9.17) is 4.42 Å². The van der Waals surface area contributed by atoms with Crippen LogP contribution >= 0.6 is 0 Å². The van der Waals surface area contributed by atoms with E-state index in [9.17, 15) is 0 Å². The fourth-order valence-electron chi connectivity index (χ4n) is 10.4. The summed E-state index contributed by atoms with van der Waals surface area (Å²) in [6.07, 6.45) is 0. The Kier molecular flexibility index (Phi) is 9.54. The van der Waals surface area contributed by atoms with Crippen molar-refractivity contribution in [3.63, 3.8) is 0 Å². The van der Waals surface area contributed by atoms with Gasteiger partial charge in [-0.3, -0.25) is 0 Å². The zero-order valence-electron chi connectivity index (χ0n) is 37.2. The zero-order valence-corrected chi connectivity index (χ0v) is 37.2. The van der Waals surface area contributed by atoms with Gasteiger partial charge in [-0.05, 0) is 126 Å². The number of hydrogen-bond donors (Lipinski definition) is 0. The largest absolute Gasteiger partial charge is 0.455 e. The molecule has 2 heteroatoms. The Balaban J connectivity index is 0.959. The van der Waals surface area contributed by atoms with Crippen LogP contribution in [0.15, 0.2) is 265 Å². The van der Waals surface area contributed by atoms with Gasteiger partial charge in [-0.1, -0.05) is 212 Å². The summed E-state index contributed by atoms with van der Waals surface area (Å²) in [6.45, 7) is 0. The van der Waals surface area contributed by atoms with Crippen molar-refractivity contribution in [1.82, 2.24) is 0 Å². The summed E-state index contributed by atoms with van der Waals surface area (Å²) in [5, 5.41) is 9.53. The average molecular weight is 866 g/mol. The van der Waals surface area contributed by atoms with Crippen molar-refractivity contribution in [3.05, 3.63) is 261 Å². The van der Waals surface area contributed by atoms with E-state index < -0.39 is 0 Å². The van der Waals surface area contributed by atoms with Gasteiger partial charge >= 0.3 is 0 Å². The Bertz CT molecular complexity index is 3990. The monoisotopic (exact) mass is 865 g/mol. The van der Waals surface area contributed by atoms with Gasteiger partial charge in [-0.15, -0.1) is 0 Å². The minimum absolute atomic E-state index is 0.875. The maximum atomic E-state index is 6.90. The number of nitrogens with zero attached hydrogens (tertiary/aromatic N) is 1. The first-order valence-corrected chi connectivity index (χ1v) is 23.3. The van der Waals surface area contributed by atoms with Crippen LogP contribution in [0.3, 0.4) is 0 Å². The topological polar surface area (TPSA) is 16.4 Å². The van der Waals surface area contributed by atoms with E-state index in [0.29, 0.717) is 0 Å². The van der Waals surface area contributed by atoms with Crippen LogP contribution in [0.4, 0.5) is 17.1 Å². The molecule has 0 N–H and O–H groups in total. The highest BCUT2D eigenvalue weighted by Crippen LogP contribution is 2.47. The molecule has 318 valence electrons. The first-order valence-electron chi connectivity index (χ1n) is 23.3. The summed E-state index contributed by atoms with van der Waals surface area (Å²) in [5.41, 5.74) is 16.7. The highest BCUT2D eigenvalue weighted by molar-refractivity contribution is 6.20. The van der Waals surface area contributed by atoms with E-state index in [1.807, 2.05) is 0 Å². The fourth-order valence-corrected chi connectivity index (χ4v) is 10.4. The molecule has 13 rings (SSSR count). The van der Waals surface area contributed by atoms with Gasteiger partial charge in [-0.25, -0.2) is 0 Å². The molecule has 0 atom stereocenters. The molecule has 2 nitrogen and oxygen atoms in total. The van der Waals surface area contributed by atoms with E-state index in [1.165, 1.54) is 71.3 Å². The Morgan fingerprint density at radius 3 is 1.53 bits per heavy atom. The smallest absolute Gasteiger partial charge is 0.143 e. The first-order chi connectivity index (χ1) is 33.7. The summed E-state index contributed by atoms with van der Waals surface area (Å²) in [4.78, 5) is 2.40. The molecule has 0 radical (unpaired) electrons. The molecular formula is C66H43NO. The maximum Gasteiger partial charge on any atom is 0.143 e. The van der Waals surface area contributed by atoms with Crippen LogP contribution in [0.1, 0.15) is 0 Å². The van der Waals surface area contributed by atoms with Crippen LogP contribution in [0.25, 0.3) is 110 Å². The summed E-state index contributed by atoms with van der Waals surface area (Å²) in [6, 6.07) is 94.3. The third-order valence-corrected chi connectivity index (χ3v) is 13.7. The molecule has 0 aliphatic rings. The van der Waals surface area contributed by atoms with E-state index in [-0.39, 0.29) is 0 Å². The van der Waals surface area contributed by atoms with Gasteiger partial charge < -0.3 is 9.32 Å². The second kappa shape index (κ2) is 16.5. The molecule has 1 aromatic heterocycles. The molecule has 0 fully saturated rings. The summed E-state index contributed by atoms with van der Waals surface area (Å²) in [5.74, 6) is 0. The molecule has 0 spiro atoms. The molecular weight excluding hydrogens is 823 g/mol. The van der Waals surface area contributed by atoms with Crippen molar-refractivity contribution < 1.29 is 4.42 Å². The van der Waals surface area contributed by atoms with Crippen molar-refractivity contribution in [3.8, 4) is 55.6 Å². The highest BCUT2D eigenvalue weighted by Gasteiger charge is 2.22. The maximum absolute atomic E-state index is 6.90. The fraction of sp³-hybridized carbons (Fsp3) is 0. The molecule has 0 aliphatic heterocycles. The quantitative estimate of drug-likeness (QED) is 0.151. The van der Waals surface area contributed by atoms with Crippen LogP contribution in [0.5, 0.6) is 0 Å². The molecule has 0 aliphatic carbocycles. The van der Waals surface area contributed by atoms with Gasteiger partial charge in [0, 0.05) is 33.1 Å². The van der Waals surface area contributed by atoms with Crippen LogP contribution < -0.4 is 4.90 Å². The molecule has 13 aromatic rings. The van der Waals surface area contributed by atoms with Crippen LogP contribution in [0, 0.1) is 0 Å². The van der Waals surface area contributed by atoms with Crippen LogP contribution in [0.2, 0.25) is 0 Å². The van der Waals surface area contributed by atoms with Gasteiger partial charge in [0.15, 0.2) is 0 Å². The Morgan fingerprint density at radius 2 is 0.779 bits per heavy atom. The molecule has 0 bridgehead atoms. The third-order valence-electron chi connectivity index (χ3n) is 13.7. The number of rotatable bonds is 8. The van der Waals surface area contributed by atoms with Crippen molar-refractivity contribution in [1.29, 1.82) is 0 Å². The average Bonchev–Trinajstić information content (AvgIpc) is 3.81. The molecule has 0 saturated carbocycles. The number of fused-ring (bicyclic) bond motifs is 6. The second-order valence-corrected chi connectivity index (χ2v) is 17.6. The standard InChI is InChI=1S/C66H43NO/c1-3-15-44(16-4-1)46-31-35-52(36-32-46)67(62-42-41-54(57-23-9-10-24-58(57)62)51-30-29-45-17-7-8-20-50(45)43-51)53-37-33-48(34-38-53)56-39-40-60(65-61-25-11-12-28-63(61)68-66(56)65)59-27-14-22-49-21-13-26-55(64(49)59)47-18-5-2-6-19-47/h1-43H. The number of furan rings is 1. The number of para-hydroxylation sites is 1. The summed E-state index contributed by atoms with van der Waals surface area (Å²) in [7, 11) is 0. The van der Waals surface area contributed by atoms with E-state index in [1.54, 1.807) is 0 Å². The lowest BCUT2D eigenvalue weighted by molar-refractivity contribution is 0.670. The Morgan fingerprint density at radius 1 is 0.265 bits per heavy atom. The molecule has 12 aromatic carbocycles. The van der Waals surface area contributed by atoms with Gasteiger partial charge in [0.05, 0.1) is 5.69 Å². The lowest BCUT2D eigenvalue weighted by Gasteiger charge is -2.28. The molecule has 0 saturated heterocycles. The van der Waals surface area contributed by atoms with Crippen LogP contribution in [-0.4, -0.2) is 0 Å². The van der Waals surface area contributed by atoms with E-state index in [2.05, 4.69) is 266 Å². The van der Waals surface area contributed by atoms with E-state index in [0.717, 1.165) is 55.7 Å². The van der Waals surface area contributed by atoms with Gasteiger partial charge in [0.1, 0.15) is 11.2 Å². The number of benzene rings is 12. The number of anilines is 3. The van der Waals surface area contributed by atoms with E-state index >= 15 is 0 Å². The van der Waals surface area contributed by atoms with Gasteiger partial charge in [0.2, 0.25) is 0 Å². The predicted molar refractivity (Wildman–Crippen MR) is 288 cm³/mol. The summed E-state index contributed by atoms with van der Waals surface area (Å²) < 4.78 is 6.90. The number of hydrogen-bond acceptors (Lipinski definition) is 2. The van der Waals surface area contributed by atoms with Crippen molar-refractivity contribution in [2.24, 2.45) is 0 Å². The second-order valence-electron chi connectivity index (χ2n) is 17.6.